The van der Waals surface area contributed by atoms with E-state index >= 15 is 0 Å². The maximum atomic E-state index is 12.7. The smallest absolute Gasteiger partial charge is 0.269 e. The molecule has 0 radical (unpaired) electrons. The fourth-order valence-electron chi connectivity index (χ4n) is 4.08. The van der Waals surface area contributed by atoms with Crippen molar-refractivity contribution in [2.45, 2.75) is 34.6 Å². The second-order valence-electron chi connectivity index (χ2n) is 8.04. The molecule has 5 nitrogen and oxygen atoms in total. The Labute approximate surface area is 198 Å². The van der Waals surface area contributed by atoms with E-state index in [2.05, 4.69) is 48.3 Å². The SMILES string of the molecule is C.C=CC(=O)Nc1ccc(Cc2c(C)cccc2C)c(-c2cn(C)c(=O)c3snc(C)c23)c1. The monoisotopic (exact) mass is 459 g/mol. The van der Waals surface area contributed by atoms with Crippen LogP contribution in [-0.4, -0.2) is 14.8 Å². The van der Waals surface area contributed by atoms with Crippen LogP contribution in [0.4, 0.5) is 5.69 Å². The Balaban J connectivity index is 0.00000306. The lowest BCUT2D eigenvalue weighted by atomic mass is 9.90. The Morgan fingerprint density at radius 2 is 1.85 bits per heavy atom. The highest BCUT2D eigenvalue weighted by atomic mass is 32.1. The summed E-state index contributed by atoms with van der Waals surface area (Å²) in [7, 11) is 1.76. The Morgan fingerprint density at radius 1 is 1.15 bits per heavy atom. The molecular weight excluding hydrogens is 430 g/mol. The predicted molar refractivity (Wildman–Crippen MR) is 139 cm³/mol. The molecule has 2 aromatic heterocycles. The van der Waals surface area contributed by atoms with Gasteiger partial charge < -0.3 is 9.88 Å². The van der Waals surface area contributed by atoms with Crippen molar-refractivity contribution in [2.75, 3.05) is 5.32 Å². The van der Waals surface area contributed by atoms with E-state index in [1.54, 1.807) is 11.6 Å². The van der Waals surface area contributed by atoms with Crippen molar-refractivity contribution in [2.24, 2.45) is 7.05 Å². The van der Waals surface area contributed by atoms with E-state index < -0.39 is 0 Å². The third kappa shape index (κ3) is 4.52. The summed E-state index contributed by atoms with van der Waals surface area (Å²) in [5.74, 6) is -0.266. The van der Waals surface area contributed by atoms with Gasteiger partial charge >= 0.3 is 0 Å². The Morgan fingerprint density at radius 3 is 2.52 bits per heavy atom. The molecule has 2 heterocycles. The zero-order valence-corrected chi connectivity index (χ0v) is 19.5. The number of pyridine rings is 1. The minimum Gasteiger partial charge on any atom is -0.323 e. The van der Waals surface area contributed by atoms with Gasteiger partial charge in [0.05, 0.1) is 5.69 Å². The quantitative estimate of drug-likeness (QED) is 0.376. The molecule has 0 aliphatic rings. The second kappa shape index (κ2) is 9.55. The highest BCUT2D eigenvalue weighted by molar-refractivity contribution is 7.13. The van der Waals surface area contributed by atoms with Gasteiger partial charge in [-0.25, -0.2) is 0 Å². The molecule has 0 saturated carbocycles. The Bertz CT molecular complexity index is 1410. The van der Waals surface area contributed by atoms with Crippen molar-refractivity contribution < 1.29 is 4.79 Å². The van der Waals surface area contributed by atoms with Crippen LogP contribution in [0.15, 0.2) is 60.0 Å². The van der Waals surface area contributed by atoms with E-state index in [1.165, 1.54) is 34.3 Å². The van der Waals surface area contributed by atoms with E-state index in [0.29, 0.717) is 10.4 Å². The lowest BCUT2D eigenvalue weighted by molar-refractivity contribution is -0.111. The highest BCUT2D eigenvalue weighted by Gasteiger charge is 2.18. The van der Waals surface area contributed by atoms with Crippen LogP contribution in [0.25, 0.3) is 21.2 Å². The first-order valence-electron chi connectivity index (χ1n) is 10.4. The first-order chi connectivity index (χ1) is 15.3. The molecule has 0 saturated heterocycles. The molecule has 6 heteroatoms. The van der Waals surface area contributed by atoms with Gasteiger partial charge in [0.2, 0.25) is 5.91 Å². The van der Waals surface area contributed by atoms with Gasteiger partial charge in [0.1, 0.15) is 4.70 Å². The van der Waals surface area contributed by atoms with Gasteiger partial charge in [0, 0.05) is 29.9 Å². The van der Waals surface area contributed by atoms with Gasteiger partial charge in [0.15, 0.2) is 0 Å². The molecule has 0 fully saturated rings. The molecule has 0 aliphatic carbocycles. The number of rotatable bonds is 5. The number of hydrogen-bond acceptors (Lipinski definition) is 4. The van der Waals surface area contributed by atoms with E-state index in [-0.39, 0.29) is 18.9 Å². The molecule has 2 aromatic carbocycles. The van der Waals surface area contributed by atoms with Crippen LogP contribution < -0.4 is 10.9 Å². The number of aryl methyl sites for hydroxylation is 4. The van der Waals surface area contributed by atoms with Gasteiger partial charge in [-0.1, -0.05) is 38.3 Å². The third-order valence-corrected chi connectivity index (χ3v) is 6.76. The molecule has 0 unspecified atom stereocenters. The van der Waals surface area contributed by atoms with Gasteiger partial charge in [-0.2, -0.15) is 4.37 Å². The van der Waals surface area contributed by atoms with Crippen LogP contribution in [0.3, 0.4) is 0 Å². The van der Waals surface area contributed by atoms with Gasteiger partial charge in [-0.05, 0) is 84.8 Å². The molecule has 0 atom stereocenters. The largest absolute Gasteiger partial charge is 0.323 e. The molecule has 0 spiro atoms. The third-order valence-electron chi connectivity index (χ3n) is 5.83. The summed E-state index contributed by atoms with van der Waals surface area (Å²) in [5, 5.41) is 3.73. The Hall–Kier alpha value is -3.51. The summed E-state index contributed by atoms with van der Waals surface area (Å²) in [6, 6.07) is 12.2. The highest BCUT2D eigenvalue weighted by Crippen LogP contribution is 2.36. The lowest BCUT2D eigenvalue weighted by Crippen LogP contribution is -2.15. The number of anilines is 1. The standard InChI is InChI=1S/C26H25N3O2S.CH4/c1-6-23(30)27-19-11-10-18(12-20-15(2)8-7-9-16(20)3)21(13-19)22-14-29(5)26(31)25-24(22)17(4)28-32-25;/h6-11,13-14H,1,12H2,2-5H3,(H,27,30);1H4. The molecule has 1 amide bonds. The number of nitrogens with zero attached hydrogens (tertiary/aromatic N) is 2. The summed E-state index contributed by atoms with van der Waals surface area (Å²) in [6.07, 6.45) is 3.86. The summed E-state index contributed by atoms with van der Waals surface area (Å²) < 4.78 is 6.70. The summed E-state index contributed by atoms with van der Waals surface area (Å²) >= 11 is 1.23. The minimum absolute atomic E-state index is 0. The second-order valence-corrected chi connectivity index (χ2v) is 8.82. The number of carbonyl (C=O) groups excluding carboxylic acids is 1. The number of fused-ring (bicyclic) bond motifs is 1. The first kappa shape index (κ1) is 24.1. The van der Waals surface area contributed by atoms with Gasteiger partial charge in [-0.3, -0.25) is 9.59 Å². The number of amides is 1. The van der Waals surface area contributed by atoms with E-state index in [0.717, 1.165) is 34.2 Å². The van der Waals surface area contributed by atoms with Crippen LogP contribution in [0, 0.1) is 20.8 Å². The van der Waals surface area contributed by atoms with E-state index in [1.807, 2.05) is 31.3 Å². The summed E-state index contributed by atoms with van der Waals surface area (Å²) in [6.45, 7) is 9.71. The van der Waals surface area contributed by atoms with Gasteiger partial charge in [-0.15, -0.1) is 0 Å². The van der Waals surface area contributed by atoms with Crippen LogP contribution in [0.2, 0.25) is 0 Å². The van der Waals surface area contributed by atoms with Crippen LogP contribution in [0.5, 0.6) is 0 Å². The molecule has 0 bridgehead atoms. The maximum Gasteiger partial charge on any atom is 0.269 e. The fraction of sp³-hybridized carbons (Fsp3) is 0.222. The number of hydrogen-bond donors (Lipinski definition) is 1. The number of aromatic nitrogens is 2. The lowest BCUT2D eigenvalue weighted by Gasteiger charge is -2.17. The van der Waals surface area contributed by atoms with Crippen molar-refractivity contribution in [3.63, 3.8) is 0 Å². The van der Waals surface area contributed by atoms with Crippen molar-refractivity contribution in [1.82, 2.24) is 8.94 Å². The first-order valence-corrected chi connectivity index (χ1v) is 11.1. The van der Waals surface area contributed by atoms with Crippen LogP contribution in [0.1, 0.15) is 35.4 Å². The zero-order valence-electron chi connectivity index (χ0n) is 18.7. The van der Waals surface area contributed by atoms with Crippen LogP contribution in [-0.2, 0) is 18.3 Å². The van der Waals surface area contributed by atoms with Crippen LogP contribution >= 0.6 is 11.5 Å². The van der Waals surface area contributed by atoms with Gasteiger partial charge in [0.25, 0.3) is 5.56 Å². The number of benzene rings is 2. The van der Waals surface area contributed by atoms with Crippen molar-refractivity contribution >= 4 is 33.2 Å². The fourth-order valence-corrected chi connectivity index (χ4v) is 4.98. The molecular formula is C27H29N3O2S. The van der Waals surface area contributed by atoms with E-state index in [9.17, 15) is 9.59 Å². The van der Waals surface area contributed by atoms with Crippen molar-refractivity contribution in [1.29, 1.82) is 0 Å². The van der Waals surface area contributed by atoms with Crippen molar-refractivity contribution in [3.05, 3.63) is 93.6 Å². The average Bonchev–Trinajstić information content (AvgIpc) is 3.16. The molecule has 0 aliphatic heterocycles. The molecule has 4 aromatic rings. The van der Waals surface area contributed by atoms with Crippen molar-refractivity contribution in [3.8, 4) is 11.1 Å². The molecule has 1 N–H and O–H groups in total. The summed E-state index contributed by atoms with van der Waals surface area (Å²) in [4.78, 5) is 24.6. The molecule has 33 heavy (non-hydrogen) atoms. The minimum atomic E-state index is -0.266. The maximum absolute atomic E-state index is 12.7. The molecule has 4 rings (SSSR count). The zero-order chi connectivity index (χ0) is 23.0. The number of carbonyl (C=O) groups is 1. The Kier molecular flexibility index (Phi) is 6.98. The average molecular weight is 460 g/mol. The molecule has 170 valence electrons. The summed E-state index contributed by atoms with van der Waals surface area (Å²) in [5.41, 5.74) is 8.22. The normalized spacial score (nSPS) is 10.7. The predicted octanol–water partition coefficient (Wildman–Crippen LogP) is 5.94. The topological polar surface area (TPSA) is 64.0 Å². The van der Waals surface area contributed by atoms with E-state index in [4.69, 9.17) is 0 Å². The number of nitrogens with one attached hydrogen (secondary N) is 1.